The van der Waals surface area contributed by atoms with Gasteiger partial charge in [0.1, 0.15) is 17.5 Å². The molecule has 2 rings (SSSR count). The van der Waals surface area contributed by atoms with Crippen LogP contribution in [0.25, 0.3) is 0 Å². The van der Waals surface area contributed by atoms with Crippen molar-refractivity contribution < 1.29 is 32.2 Å². The summed E-state index contributed by atoms with van der Waals surface area (Å²) in [6.45, 7) is 12.0. The Morgan fingerprint density at radius 3 is 2.19 bits per heavy atom. The van der Waals surface area contributed by atoms with Crippen molar-refractivity contribution in [3.63, 3.8) is 0 Å². The van der Waals surface area contributed by atoms with E-state index in [2.05, 4.69) is 4.72 Å². The van der Waals surface area contributed by atoms with Crippen LogP contribution in [0.15, 0.2) is 12.1 Å². The van der Waals surface area contributed by atoms with Crippen LogP contribution in [-0.4, -0.2) is 62.5 Å². The topological polar surface area (TPSA) is 111 Å². The van der Waals surface area contributed by atoms with Crippen LogP contribution in [-0.2, 0) is 24.3 Å². The number of hydrogen-bond donors (Lipinski definition) is 1. The quantitative estimate of drug-likeness (QED) is 0.608. The highest BCUT2D eigenvalue weighted by Gasteiger charge is 2.28. The van der Waals surface area contributed by atoms with Crippen LogP contribution >= 0.6 is 0 Å². The molecule has 0 saturated carbocycles. The molecule has 0 spiro atoms. The maximum Gasteiger partial charge on any atom is 0.410 e. The minimum atomic E-state index is -3.87. The second kappa shape index (κ2) is 10.4. The number of anilines is 1. The molecule has 0 bridgehead atoms. The van der Waals surface area contributed by atoms with E-state index in [1.807, 2.05) is 34.6 Å². The van der Waals surface area contributed by atoms with E-state index >= 15 is 0 Å². The number of likely N-dealkylation sites (tertiary alicyclic amines) is 1. The van der Waals surface area contributed by atoms with Crippen molar-refractivity contribution in [2.75, 3.05) is 30.2 Å². The standard InChI is InChI=1S/C22H34N2O7S/c1-7-29-19(25)14-32(27,28)23-17-12-15(2)20(16(3)13-17)30-18-8-10-24(11-9-18)21(26)31-22(4,5)6/h12-13,18,23H,7-11,14H2,1-6H3. The molecule has 1 heterocycles. The van der Waals surface area contributed by atoms with Gasteiger partial charge in [0.05, 0.1) is 6.61 Å². The molecular weight excluding hydrogens is 436 g/mol. The van der Waals surface area contributed by atoms with Gasteiger partial charge in [-0.1, -0.05) is 0 Å². The molecule has 0 aliphatic carbocycles. The molecule has 1 aliphatic rings. The van der Waals surface area contributed by atoms with Crippen LogP contribution < -0.4 is 9.46 Å². The summed E-state index contributed by atoms with van der Waals surface area (Å²) in [5.74, 6) is -0.854. The zero-order chi connectivity index (χ0) is 24.1. The number of sulfonamides is 1. The van der Waals surface area contributed by atoms with Crippen molar-refractivity contribution in [3.05, 3.63) is 23.3 Å². The van der Waals surface area contributed by atoms with Crippen LogP contribution in [0.3, 0.4) is 0 Å². The third kappa shape index (κ3) is 7.89. The summed E-state index contributed by atoms with van der Waals surface area (Å²) in [5, 5.41) is 0. The van der Waals surface area contributed by atoms with E-state index in [0.29, 0.717) is 37.4 Å². The number of ether oxygens (including phenoxy) is 3. The Hall–Kier alpha value is -2.49. The second-order valence-electron chi connectivity index (χ2n) is 8.89. The normalized spacial score (nSPS) is 15.2. The maximum absolute atomic E-state index is 12.2. The van der Waals surface area contributed by atoms with Crippen molar-refractivity contribution in [1.82, 2.24) is 4.90 Å². The molecule has 1 saturated heterocycles. The average molecular weight is 471 g/mol. The minimum Gasteiger partial charge on any atom is -0.490 e. The molecule has 10 heteroatoms. The first-order chi connectivity index (χ1) is 14.8. The number of amides is 1. The third-order valence-corrected chi connectivity index (χ3v) is 5.89. The number of aryl methyl sites for hydroxylation is 2. The SMILES string of the molecule is CCOC(=O)CS(=O)(=O)Nc1cc(C)c(OC2CCN(C(=O)OC(C)(C)C)CC2)c(C)c1. The van der Waals surface area contributed by atoms with Gasteiger partial charge < -0.3 is 19.1 Å². The second-order valence-corrected chi connectivity index (χ2v) is 10.6. The fraction of sp³-hybridized carbons (Fsp3) is 0.636. The van der Waals surface area contributed by atoms with Gasteiger partial charge in [0, 0.05) is 31.6 Å². The Morgan fingerprint density at radius 1 is 1.12 bits per heavy atom. The molecule has 1 N–H and O–H groups in total. The number of piperidine rings is 1. The van der Waals surface area contributed by atoms with E-state index in [-0.39, 0.29) is 18.8 Å². The Labute approximate surface area is 190 Å². The Balaban J connectivity index is 1.98. The summed E-state index contributed by atoms with van der Waals surface area (Å²) in [4.78, 5) is 25.4. The van der Waals surface area contributed by atoms with Gasteiger partial charge >= 0.3 is 12.1 Å². The molecule has 1 amide bonds. The highest BCUT2D eigenvalue weighted by Crippen LogP contribution is 2.30. The fourth-order valence-corrected chi connectivity index (χ4v) is 4.36. The molecule has 180 valence electrons. The number of carbonyl (C=O) groups excluding carboxylic acids is 2. The summed E-state index contributed by atoms with van der Waals surface area (Å²) in [6.07, 6.45) is 0.971. The maximum atomic E-state index is 12.2. The van der Waals surface area contributed by atoms with Crippen molar-refractivity contribution >= 4 is 27.8 Å². The number of nitrogens with zero attached hydrogens (tertiary/aromatic N) is 1. The van der Waals surface area contributed by atoms with Crippen LogP contribution in [0.2, 0.25) is 0 Å². The molecule has 1 aliphatic heterocycles. The van der Waals surface area contributed by atoms with E-state index in [9.17, 15) is 18.0 Å². The van der Waals surface area contributed by atoms with E-state index in [1.54, 1.807) is 24.0 Å². The van der Waals surface area contributed by atoms with Crippen LogP contribution in [0.5, 0.6) is 5.75 Å². The largest absolute Gasteiger partial charge is 0.490 e. The fourth-order valence-electron chi connectivity index (χ4n) is 3.42. The molecule has 0 atom stereocenters. The van der Waals surface area contributed by atoms with Gasteiger partial charge in [-0.05, 0) is 64.8 Å². The zero-order valence-electron chi connectivity index (χ0n) is 19.7. The number of benzene rings is 1. The van der Waals surface area contributed by atoms with Crippen molar-refractivity contribution in [1.29, 1.82) is 0 Å². The number of rotatable bonds is 7. The van der Waals surface area contributed by atoms with Crippen LogP contribution in [0, 0.1) is 13.8 Å². The van der Waals surface area contributed by atoms with Gasteiger partial charge in [0.2, 0.25) is 10.0 Å². The van der Waals surface area contributed by atoms with Crippen molar-refractivity contribution in [3.8, 4) is 5.75 Å². The molecule has 1 aromatic rings. The summed E-state index contributed by atoms with van der Waals surface area (Å²) >= 11 is 0. The summed E-state index contributed by atoms with van der Waals surface area (Å²) < 4.78 is 43.1. The van der Waals surface area contributed by atoms with Gasteiger partial charge in [-0.3, -0.25) is 9.52 Å². The van der Waals surface area contributed by atoms with Gasteiger partial charge in [0.25, 0.3) is 0 Å². The van der Waals surface area contributed by atoms with Crippen molar-refractivity contribution in [2.24, 2.45) is 0 Å². The number of hydrogen-bond acceptors (Lipinski definition) is 7. The number of carbonyl (C=O) groups is 2. The molecule has 1 aromatic carbocycles. The molecular formula is C22H34N2O7S. The molecule has 9 nitrogen and oxygen atoms in total. The van der Waals surface area contributed by atoms with E-state index in [4.69, 9.17) is 14.2 Å². The molecule has 32 heavy (non-hydrogen) atoms. The predicted molar refractivity (Wildman–Crippen MR) is 121 cm³/mol. The van der Waals surface area contributed by atoms with E-state index < -0.39 is 27.3 Å². The average Bonchev–Trinajstić information content (AvgIpc) is 2.63. The molecule has 1 fully saturated rings. The first-order valence-corrected chi connectivity index (χ1v) is 12.4. The highest BCUT2D eigenvalue weighted by molar-refractivity contribution is 7.93. The smallest absolute Gasteiger partial charge is 0.410 e. The first-order valence-electron chi connectivity index (χ1n) is 10.7. The Kier molecular flexibility index (Phi) is 8.39. The van der Waals surface area contributed by atoms with Crippen molar-refractivity contribution in [2.45, 2.75) is 66.1 Å². The van der Waals surface area contributed by atoms with E-state index in [0.717, 1.165) is 11.1 Å². The Morgan fingerprint density at radius 2 is 1.69 bits per heavy atom. The number of esters is 1. The lowest BCUT2D eigenvalue weighted by Crippen LogP contribution is -2.44. The summed E-state index contributed by atoms with van der Waals surface area (Å²) in [7, 11) is -3.87. The lowest BCUT2D eigenvalue weighted by molar-refractivity contribution is -0.139. The van der Waals surface area contributed by atoms with Crippen LogP contribution in [0.4, 0.5) is 10.5 Å². The first kappa shape index (κ1) is 25.8. The van der Waals surface area contributed by atoms with Gasteiger partial charge in [-0.15, -0.1) is 0 Å². The van der Waals surface area contributed by atoms with Crippen LogP contribution in [0.1, 0.15) is 51.7 Å². The Bertz CT molecular complexity index is 907. The van der Waals surface area contributed by atoms with Gasteiger partial charge in [0.15, 0.2) is 5.75 Å². The van der Waals surface area contributed by atoms with Gasteiger partial charge in [-0.25, -0.2) is 13.2 Å². The molecule has 0 radical (unpaired) electrons. The monoisotopic (exact) mass is 470 g/mol. The minimum absolute atomic E-state index is 0.0579. The lowest BCUT2D eigenvalue weighted by Gasteiger charge is -2.34. The van der Waals surface area contributed by atoms with E-state index in [1.165, 1.54) is 0 Å². The molecule has 0 aromatic heterocycles. The summed E-state index contributed by atoms with van der Waals surface area (Å²) in [6, 6.07) is 3.34. The lowest BCUT2D eigenvalue weighted by atomic mass is 10.1. The third-order valence-electron chi connectivity index (χ3n) is 4.73. The predicted octanol–water partition coefficient (Wildman–Crippen LogP) is 3.39. The molecule has 0 unspecified atom stereocenters. The number of nitrogens with one attached hydrogen (secondary N) is 1. The zero-order valence-corrected chi connectivity index (χ0v) is 20.5. The van der Waals surface area contributed by atoms with Gasteiger partial charge in [-0.2, -0.15) is 0 Å². The highest BCUT2D eigenvalue weighted by atomic mass is 32.2. The summed E-state index contributed by atoms with van der Waals surface area (Å²) in [5.41, 5.74) is 1.37.